The second-order valence-electron chi connectivity index (χ2n) is 6.70. The SMILES string of the molecule is Cn1c(=O)n(C)c2cc(-n3c(-c4ccccc4)nc4ccccc43)ccc21. The van der Waals surface area contributed by atoms with Crippen LogP contribution in [0.4, 0.5) is 0 Å². The van der Waals surface area contributed by atoms with Gasteiger partial charge in [0.05, 0.1) is 22.1 Å². The summed E-state index contributed by atoms with van der Waals surface area (Å²) < 4.78 is 5.50. The van der Waals surface area contributed by atoms with Crippen molar-refractivity contribution in [2.45, 2.75) is 0 Å². The highest BCUT2D eigenvalue weighted by Gasteiger charge is 2.16. The van der Waals surface area contributed by atoms with Gasteiger partial charge in [0.25, 0.3) is 0 Å². The Hall–Kier alpha value is -3.60. The lowest BCUT2D eigenvalue weighted by atomic mass is 10.2. The summed E-state index contributed by atoms with van der Waals surface area (Å²) in [5.41, 5.74) is 5.80. The molecule has 0 saturated carbocycles. The van der Waals surface area contributed by atoms with Gasteiger partial charge in [0.15, 0.2) is 0 Å². The molecular formula is C22H18N4O. The zero-order valence-electron chi connectivity index (χ0n) is 15.1. The molecule has 0 amide bonds. The Morgan fingerprint density at radius 3 is 2.26 bits per heavy atom. The van der Waals surface area contributed by atoms with Gasteiger partial charge in [-0.05, 0) is 30.3 Å². The van der Waals surface area contributed by atoms with E-state index >= 15 is 0 Å². The number of rotatable bonds is 2. The topological polar surface area (TPSA) is 44.8 Å². The fourth-order valence-electron chi connectivity index (χ4n) is 3.70. The van der Waals surface area contributed by atoms with E-state index in [1.807, 2.05) is 48.5 Å². The number of nitrogens with zero attached hydrogens (tertiary/aromatic N) is 4. The van der Waals surface area contributed by atoms with Gasteiger partial charge in [-0.1, -0.05) is 42.5 Å². The van der Waals surface area contributed by atoms with Crippen molar-refractivity contribution in [3.05, 3.63) is 83.3 Å². The van der Waals surface area contributed by atoms with Crippen molar-refractivity contribution >= 4 is 22.1 Å². The first-order valence-corrected chi connectivity index (χ1v) is 8.84. The molecule has 0 aliphatic heterocycles. The second kappa shape index (κ2) is 5.71. The van der Waals surface area contributed by atoms with Gasteiger partial charge in [-0.3, -0.25) is 13.7 Å². The molecule has 0 aliphatic rings. The zero-order valence-corrected chi connectivity index (χ0v) is 15.1. The third-order valence-electron chi connectivity index (χ3n) is 5.11. The third-order valence-corrected chi connectivity index (χ3v) is 5.11. The lowest BCUT2D eigenvalue weighted by Gasteiger charge is -2.10. The number of hydrogen-bond acceptors (Lipinski definition) is 2. The number of aromatic nitrogens is 4. The van der Waals surface area contributed by atoms with Crippen molar-refractivity contribution in [1.82, 2.24) is 18.7 Å². The van der Waals surface area contributed by atoms with Crippen LogP contribution in [0, 0.1) is 0 Å². The quantitative estimate of drug-likeness (QED) is 0.483. The van der Waals surface area contributed by atoms with E-state index in [1.54, 1.807) is 23.2 Å². The predicted molar refractivity (Wildman–Crippen MR) is 108 cm³/mol. The maximum atomic E-state index is 12.3. The normalized spacial score (nSPS) is 11.5. The molecular weight excluding hydrogens is 336 g/mol. The maximum absolute atomic E-state index is 12.3. The number of para-hydroxylation sites is 2. The fourth-order valence-corrected chi connectivity index (χ4v) is 3.70. The minimum atomic E-state index is -0.0269. The van der Waals surface area contributed by atoms with Crippen LogP contribution in [-0.2, 0) is 14.1 Å². The monoisotopic (exact) mass is 354 g/mol. The van der Waals surface area contributed by atoms with Crippen LogP contribution in [0.5, 0.6) is 0 Å². The van der Waals surface area contributed by atoms with Crippen LogP contribution in [0.25, 0.3) is 39.1 Å². The maximum Gasteiger partial charge on any atom is 0.328 e. The highest BCUT2D eigenvalue weighted by molar-refractivity contribution is 5.85. The fraction of sp³-hybridized carbons (Fsp3) is 0.0909. The van der Waals surface area contributed by atoms with Crippen LogP contribution in [0.1, 0.15) is 0 Å². The zero-order chi connectivity index (χ0) is 18.5. The minimum Gasteiger partial charge on any atom is -0.295 e. The highest BCUT2D eigenvalue weighted by atomic mass is 16.1. The summed E-state index contributed by atoms with van der Waals surface area (Å²) >= 11 is 0. The molecule has 5 nitrogen and oxygen atoms in total. The van der Waals surface area contributed by atoms with Gasteiger partial charge in [0.2, 0.25) is 0 Å². The van der Waals surface area contributed by atoms with Crippen molar-refractivity contribution in [3.8, 4) is 17.1 Å². The van der Waals surface area contributed by atoms with Crippen LogP contribution in [0.3, 0.4) is 0 Å². The molecule has 27 heavy (non-hydrogen) atoms. The summed E-state index contributed by atoms with van der Waals surface area (Å²) in [6.45, 7) is 0. The Morgan fingerprint density at radius 1 is 0.741 bits per heavy atom. The summed E-state index contributed by atoms with van der Waals surface area (Å²) in [7, 11) is 3.60. The molecule has 0 spiro atoms. The molecule has 5 rings (SSSR count). The molecule has 0 radical (unpaired) electrons. The van der Waals surface area contributed by atoms with Gasteiger partial charge in [-0.15, -0.1) is 0 Å². The molecule has 0 fully saturated rings. The van der Waals surface area contributed by atoms with Crippen LogP contribution >= 0.6 is 0 Å². The second-order valence-corrected chi connectivity index (χ2v) is 6.70. The van der Waals surface area contributed by atoms with E-state index in [-0.39, 0.29) is 5.69 Å². The Labute approximate surface area is 155 Å². The first-order valence-electron chi connectivity index (χ1n) is 8.84. The summed E-state index contributed by atoms with van der Waals surface area (Å²) in [5.74, 6) is 0.886. The van der Waals surface area contributed by atoms with E-state index in [0.717, 1.165) is 39.1 Å². The number of aryl methyl sites for hydroxylation is 2. The van der Waals surface area contributed by atoms with E-state index in [1.165, 1.54) is 0 Å². The number of imidazole rings is 2. The Kier molecular flexibility index (Phi) is 3.31. The van der Waals surface area contributed by atoms with E-state index in [0.29, 0.717) is 0 Å². The van der Waals surface area contributed by atoms with E-state index in [2.05, 4.69) is 28.8 Å². The van der Waals surface area contributed by atoms with Gasteiger partial charge in [0.1, 0.15) is 5.82 Å². The molecule has 2 heterocycles. The van der Waals surface area contributed by atoms with Crippen LogP contribution in [0.2, 0.25) is 0 Å². The van der Waals surface area contributed by atoms with Crippen molar-refractivity contribution in [2.24, 2.45) is 14.1 Å². The van der Waals surface area contributed by atoms with Crippen molar-refractivity contribution in [1.29, 1.82) is 0 Å². The molecule has 5 aromatic rings. The highest BCUT2D eigenvalue weighted by Crippen LogP contribution is 2.29. The number of fused-ring (bicyclic) bond motifs is 2. The first kappa shape index (κ1) is 15.6. The minimum absolute atomic E-state index is 0.0269. The van der Waals surface area contributed by atoms with Gasteiger partial charge >= 0.3 is 5.69 Å². The summed E-state index contributed by atoms with van der Waals surface area (Å²) in [6.07, 6.45) is 0. The molecule has 0 N–H and O–H groups in total. The summed E-state index contributed by atoms with van der Waals surface area (Å²) in [4.78, 5) is 17.2. The largest absolute Gasteiger partial charge is 0.328 e. The summed E-state index contributed by atoms with van der Waals surface area (Å²) in [6, 6.07) is 24.4. The van der Waals surface area contributed by atoms with E-state index < -0.39 is 0 Å². The number of benzene rings is 3. The lowest BCUT2D eigenvalue weighted by molar-refractivity contribution is 0.795. The van der Waals surface area contributed by atoms with Crippen LogP contribution in [-0.4, -0.2) is 18.7 Å². The molecule has 0 atom stereocenters. The van der Waals surface area contributed by atoms with Crippen LogP contribution < -0.4 is 5.69 Å². The average molecular weight is 354 g/mol. The van der Waals surface area contributed by atoms with Crippen LogP contribution in [0.15, 0.2) is 77.6 Å². The standard InChI is InChI=1S/C22H18N4O/c1-24-19-13-12-16(14-20(19)25(2)22(24)27)26-18-11-7-6-10-17(18)23-21(26)15-8-4-3-5-9-15/h3-14H,1-2H3. The van der Waals surface area contributed by atoms with Gasteiger partial charge in [-0.2, -0.15) is 0 Å². The number of hydrogen-bond donors (Lipinski definition) is 0. The van der Waals surface area contributed by atoms with E-state index in [4.69, 9.17) is 4.98 Å². The molecule has 0 aliphatic carbocycles. The Balaban J connectivity index is 1.86. The molecule has 0 bridgehead atoms. The molecule has 3 aromatic carbocycles. The average Bonchev–Trinajstić information content (AvgIpc) is 3.20. The molecule has 0 unspecified atom stereocenters. The first-order chi connectivity index (χ1) is 13.1. The van der Waals surface area contributed by atoms with Gasteiger partial charge in [-0.25, -0.2) is 9.78 Å². The van der Waals surface area contributed by atoms with Gasteiger partial charge < -0.3 is 0 Å². The predicted octanol–water partition coefficient (Wildman–Crippen LogP) is 3.88. The van der Waals surface area contributed by atoms with Crippen molar-refractivity contribution < 1.29 is 0 Å². The smallest absolute Gasteiger partial charge is 0.295 e. The van der Waals surface area contributed by atoms with E-state index in [9.17, 15) is 4.79 Å². The summed E-state index contributed by atoms with van der Waals surface area (Å²) in [5, 5.41) is 0. The van der Waals surface area contributed by atoms with Gasteiger partial charge in [0, 0.05) is 25.3 Å². The van der Waals surface area contributed by atoms with Crippen molar-refractivity contribution in [2.75, 3.05) is 0 Å². The molecule has 2 aromatic heterocycles. The Bertz CT molecular complexity index is 1360. The lowest BCUT2D eigenvalue weighted by Crippen LogP contribution is -2.19. The third kappa shape index (κ3) is 2.25. The molecule has 5 heteroatoms. The Morgan fingerprint density at radius 2 is 1.44 bits per heavy atom. The molecule has 0 saturated heterocycles. The van der Waals surface area contributed by atoms with Crippen molar-refractivity contribution in [3.63, 3.8) is 0 Å². The molecule has 132 valence electrons.